The van der Waals surface area contributed by atoms with Gasteiger partial charge in [0.1, 0.15) is 16.6 Å². The van der Waals surface area contributed by atoms with E-state index in [1.54, 1.807) is 0 Å². The minimum absolute atomic E-state index is 0.0742. The van der Waals surface area contributed by atoms with Crippen molar-refractivity contribution in [3.05, 3.63) is 89.0 Å². The van der Waals surface area contributed by atoms with Gasteiger partial charge in [-0.1, -0.05) is 53.8 Å². The van der Waals surface area contributed by atoms with Crippen molar-refractivity contribution in [1.82, 2.24) is 10.2 Å². The third-order valence-corrected chi connectivity index (χ3v) is 6.29. The van der Waals surface area contributed by atoms with Gasteiger partial charge in [0, 0.05) is 26.1 Å². The van der Waals surface area contributed by atoms with Gasteiger partial charge in [-0.3, -0.25) is 4.79 Å². The van der Waals surface area contributed by atoms with Gasteiger partial charge in [0.15, 0.2) is 5.78 Å². The van der Waals surface area contributed by atoms with E-state index < -0.39 is 23.0 Å². The highest BCUT2D eigenvalue weighted by atomic mass is 32.1. The first-order valence-electron chi connectivity index (χ1n) is 10.0. The maximum Gasteiger partial charge on any atom is 0.208 e. The molecule has 0 fully saturated rings. The molecule has 4 rings (SSSR count). The van der Waals surface area contributed by atoms with E-state index in [1.807, 2.05) is 62.3 Å². The number of benzene rings is 3. The van der Waals surface area contributed by atoms with Crippen LogP contribution in [0.1, 0.15) is 21.5 Å². The first-order valence-corrected chi connectivity index (χ1v) is 10.8. The molecule has 32 heavy (non-hydrogen) atoms. The van der Waals surface area contributed by atoms with Crippen LogP contribution in [0.5, 0.6) is 0 Å². The number of nitrogens with zero attached hydrogens (tertiary/aromatic N) is 3. The van der Waals surface area contributed by atoms with Crippen LogP contribution in [-0.2, 0) is 6.42 Å². The van der Waals surface area contributed by atoms with Crippen molar-refractivity contribution in [1.29, 1.82) is 0 Å². The Kier molecular flexibility index (Phi) is 6.10. The van der Waals surface area contributed by atoms with E-state index in [9.17, 15) is 13.6 Å². The van der Waals surface area contributed by atoms with E-state index >= 15 is 0 Å². The fourth-order valence-electron chi connectivity index (χ4n) is 3.42. The van der Waals surface area contributed by atoms with Crippen LogP contribution >= 0.6 is 11.3 Å². The van der Waals surface area contributed by atoms with Crippen LogP contribution in [0.2, 0.25) is 0 Å². The summed E-state index contributed by atoms with van der Waals surface area (Å²) in [6.07, 6.45) is -0.0742. The summed E-state index contributed by atoms with van der Waals surface area (Å²) < 4.78 is 27.8. The summed E-state index contributed by atoms with van der Waals surface area (Å²) in [6.45, 7) is 2.03. The number of hydrogen-bond donors (Lipinski definition) is 0. The standard InChI is InChI=1S/C25H21F2N3OS/c1-15-7-10-18(24-28-29-25(32-24)30(2)3)14-19(15)17-11-8-16(9-12-17)13-22(31)23-20(26)5-4-6-21(23)27/h4-12,14H,13H2,1-3H3. The van der Waals surface area contributed by atoms with Gasteiger partial charge in [-0.25, -0.2) is 8.78 Å². The molecule has 0 aliphatic carbocycles. The maximum absolute atomic E-state index is 13.9. The number of carbonyl (C=O) groups excluding carboxylic acids is 1. The zero-order valence-electron chi connectivity index (χ0n) is 17.9. The van der Waals surface area contributed by atoms with Gasteiger partial charge in [0.2, 0.25) is 5.13 Å². The zero-order chi connectivity index (χ0) is 22.8. The van der Waals surface area contributed by atoms with Gasteiger partial charge in [-0.05, 0) is 47.4 Å². The lowest BCUT2D eigenvalue weighted by molar-refractivity contribution is 0.0985. The molecule has 1 heterocycles. The largest absolute Gasteiger partial charge is 0.353 e. The molecule has 4 aromatic rings. The fourth-order valence-corrected chi connectivity index (χ4v) is 4.18. The second kappa shape index (κ2) is 8.96. The van der Waals surface area contributed by atoms with Crippen molar-refractivity contribution in [2.24, 2.45) is 0 Å². The number of carbonyl (C=O) groups is 1. The highest BCUT2D eigenvalue weighted by Crippen LogP contribution is 2.33. The number of hydrogen-bond acceptors (Lipinski definition) is 5. The smallest absolute Gasteiger partial charge is 0.208 e. The molecule has 0 saturated heterocycles. The normalized spacial score (nSPS) is 10.9. The topological polar surface area (TPSA) is 46.1 Å². The molecule has 0 unspecified atom stereocenters. The lowest BCUT2D eigenvalue weighted by Gasteiger charge is -2.10. The summed E-state index contributed by atoms with van der Waals surface area (Å²) in [5.41, 5.74) is 4.30. The summed E-state index contributed by atoms with van der Waals surface area (Å²) in [5, 5.41) is 10.2. The third kappa shape index (κ3) is 4.43. The van der Waals surface area contributed by atoms with Gasteiger partial charge >= 0.3 is 0 Å². The van der Waals surface area contributed by atoms with Crippen LogP contribution in [0.25, 0.3) is 21.7 Å². The van der Waals surface area contributed by atoms with Crippen molar-refractivity contribution in [2.45, 2.75) is 13.3 Å². The highest BCUT2D eigenvalue weighted by molar-refractivity contribution is 7.18. The molecule has 4 nitrogen and oxygen atoms in total. The van der Waals surface area contributed by atoms with Gasteiger partial charge in [0.05, 0.1) is 5.56 Å². The second-order valence-electron chi connectivity index (χ2n) is 7.71. The Morgan fingerprint density at radius 1 is 0.938 bits per heavy atom. The molecule has 0 N–H and O–H groups in total. The molecule has 3 aromatic carbocycles. The number of aryl methyl sites for hydroxylation is 1. The number of anilines is 1. The maximum atomic E-state index is 13.9. The number of aromatic nitrogens is 2. The van der Waals surface area contributed by atoms with Crippen LogP contribution in [0, 0.1) is 18.6 Å². The molecular weight excluding hydrogens is 428 g/mol. The number of ketones is 1. The Balaban J connectivity index is 1.58. The zero-order valence-corrected chi connectivity index (χ0v) is 18.7. The van der Waals surface area contributed by atoms with Crippen molar-refractivity contribution in [3.8, 4) is 21.7 Å². The van der Waals surface area contributed by atoms with Gasteiger partial charge in [-0.15, -0.1) is 10.2 Å². The summed E-state index contributed by atoms with van der Waals surface area (Å²) in [6, 6.07) is 17.0. The monoisotopic (exact) mass is 449 g/mol. The third-order valence-electron chi connectivity index (χ3n) is 5.15. The molecule has 162 valence electrons. The molecule has 0 bridgehead atoms. The Labute approximate surface area is 189 Å². The van der Waals surface area contributed by atoms with Crippen molar-refractivity contribution >= 4 is 22.3 Å². The molecule has 0 saturated carbocycles. The molecule has 0 aliphatic heterocycles. The van der Waals surface area contributed by atoms with E-state index in [0.29, 0.717) is 5.56 Å². The van der Waals surface area contributed by atoms with Crippen LogP contribution < -0.4 is 4.90 Å². The Morgan fingerprint density at radius 2 is 1.59 bits per heavy atom. The minimum atomic E-state index is -0.840. The molecule has 0 amide bonds. The van der Waals surface area contributed by atoms with Crippen molar-refractivity contribution in [2.75, 3.05) is 19.0 Å². The Hall–Kier alpha value is -3.45. The predicted molar refractivity (Wildman–Crippen MR) is 124 cm³/mol. The second-order valence-corrected chi connectivity index (χ2v) is 8.66. The molecule has 1 aromatic heterocycles. The van der Waals surface area contributed by atoms with Gasteiger partial charge in [0.25, 0.3) is 0 Å². The van der Waals surface area contributed by atoms with E-state index in [0.717, 1.165) is 44.5 Å². The van der Waals surface area contributed by atoms with Gasteiger partial charge in [-0.2, -0.15) is 0 Å². The van der Waals surface area contributed by atoms with Crippen LogP contribution in [-0.4, -0.2) is 30.1 Å². The van der Waals surface area contributed by atoms with E-state index in [2.05, 4.69) is 16.3 Å². The SMILES string of the molecule is Cc1ccc(-c2nnc(N(C)C)s2)cc1-c1ccc(CC(=O)c2c(F)cccc2F)cc1. The molecule has 0 spiro atoms. The first kappa shape index (κ1) is 21.8. The average Bonchev–Trinajstić information content (AvgIpc) is 3.25. The Morgan fingerprint density at radius 3 is 2.22 bits per heavy atom. The number of rotatable bonds is 6. The van der Waals surface area contributed by atoms with E-state index in [-0.39, 0.29) is 6.42 Å². The lowest BCUT2D eigenvalue weighted by atomic mass is 9.96. The first-order chi connectivity index (χ1) is 15.3. The summed E-state index contributed by atoms with van der Waals surface area (Å²) in [7, 11) is 3.86. The van der Waals surface area contributed by atoms with E-state index in [1.165, 1.54) is 17.4 Å². The fraction of sp³-hybridized carbons (Fsp3) is 0.160. The van der Waals surface area contributed by atoms with Crippen LogP contribution in [0.15, 0.2) is 60.7 Å². The summed E-state index contributed by atoms with van der Waals surface area (Å²) >= 11 is 1.52. The lowest BCUT2D eigenvalue weighted by Crippen LogP contribution is -2.09. The Bertz CT molecular complexity index is 1260. The number of Topliss-reactive ketones (excluding diaryl/α,β-unsaturated/α-hetero) is 1. The van der Waals surface area contributed by atoms with Crippen LogP contribution in [0.4, 0.5) is 13.9 Å². The summed E-state index contributed by atoms with van der Waals surface area (Å²) in [4.78, 5) is 14.3. The predicted octanol–water partition coefficient (Wildman–Crippen LogP) is 5.95. The molecule has 0 radical (unpaired) electrons. The van der Waals surface area contributed by atoms with Crippen LogP contribution in [0.3, 0.4) is 0 Å². The summed E-state index contributed by atoms with van der Waals surface area (Å²) in [5.74, 6) is -2.26. The average molecular weight is 450 g/mol. The van der Waals surface area contributed by atoms with Gasteiger partial charge < -0.3 is 4.90 Å². The minimum Gasteiger partial charge on any atom is -0.353 e. The molecule has 0 atom stereocenters. The quantitative estimate of drug-likeness (QED) is 0.341. The van der Waals surface area contributed by atoms with E-state index in [4.69, 9.17) is 0 Å². The molecule has 0 aliphatic rings. The molecule has 7 heteroatoms. The highest BCUT2D eigenvalue weighted by Gasteiger charge is 2.17. The van der Waals surface area contributed by atoms with Crippen molar-refractivity contribution in [3.63, 3.8) is 0 Å². The number of halogens is 2. The van der Waals surface area contributed by atoms with Crippen molar-refractivity contribution < 1.29 is 13.6 Å². The molecular formula is C25H21F2N3OS.